The molecule has 3 nitrogen and oxygen atoms in total. The molecule has 0 bridgehead atoms. The summed E-state index contributed by atoms with van der Waals surface area (Å²) in [5.74, 6) is 0. The zero-order chi connectivity index (χ0) is 31.0. The highest BCUT2D eigenvalue weighted by Crippen LogP contribution is 2.40. The fraction of sp³-hybridized carbons (Fsp3) is 0. The van der Waals surface area contributed by atoms with E-state index in [1.807, 2.05) is 54.9 Å². The molecule has 0 fully saturated rings. The lowest BCUT2D eigenvalue weighted by atomic mass is 9.96. The van der Waals surface area contributed by atoms with E-state index in [2.05, 4.69) is 133 Å². The Kier molecular flexibility index (Phi) is 8.46. The molecule has 0 saturated heterocycles. The Morgan fingerprint density at radius 2 is 0.587 bits per heavy atom. The van der Waals surface area contributed by atoms with Gasteiger partial charge >= 0.3 is 0 Å². The van der Waals surface area contributed by atoms with Crippen molar-refractivity contribution in [1.82, 2.24) is 4.98 Å². The Labute approximate surface area is 270 Å². The normalized spacial score (nSPS) is 11.3. The van der Waals surface area contributed by atoms with E-state index < -0.39 is 0 Å². The number of aliphatic imine (C=N–C) groups is 2. The van der Waals surface area contributed by atoms with Crippen LogP contribution in [0.5, 0.6) is 0 Å². The summed E-state index contributed by atoms with van der Waals surface area (Å²) in [5, 5.41) is 0. The lowest BCUT2D eigenvalue weighted by molar-refractivity contribution is 1.27. The molecule has 0 radical (unpaired) electrons. The van der Waals surface area contributed by atoms with Gasteiger partial charge in [-0.2, -0.15) is 0 Å². The molecule has 3 heteroatoms. The second kappa shape index (κ2) is 13.6. The van der Waals surface area contributed by atoms with Gasteiger partial charge in [-0.05, 0) is 34.4 Å². The zero-order valence-corrected chi connectivity index (χ0v) is 25.2. The Bertz CT molecular complexity index is 1850. The van der Waals surface area contributed by atoms with Crippen LogP contribution in [0.3, 0.4) is 0 Å². The van der Waals surface area contributed by atoms with Gasteiger partial charge in [0.05, 0.1) is 35.2 Å². The number of para-hydroxylation sites is 2. The van der Waals surface area contributed by atoms with Crippen molar-refractivity contribution >= 4 is 23.8 Å². The van der Waals surface area contributed by atoms with Crippen LogP contribution >= 0.6 is 0 Å². The van der Waals surface area contributed by atoms with Gasteiger partial charge in [-0.25, -0.2) is 4.98 Å². The summed E-state index contributed by atoms with van der Waals surface area (Å²) in [6.07, 6.45) is 3.69. The minimum atomic E-state index is 0.755. The van der Waals surface area contributed by atoms with Gasteiger partial charge in [-0.15, -0.1) is 0 Å². The highest BCUT2D eigenvalue weighted by Gasteiger charge is 2.12. The van der Waals surface area contributed by atoms with Gasteiger partial charge in [0.2, 0.25) is 0 Å². The standard InChI is InChI=1S/C43H31N3/c1-5-16-32(17-6-1)38-26-14-27-39(33-18-7-2-8-19-33)42(38)44-30-36-24-13-25-37(46-36)31-45-43-40(34-20-9-3-10-21-34)28-15-29-41(43)35-22-11-4-12-23-35/h1-31H. The Hall–Kier alpha value is -6.19. The maximum absolute atomic E-state index is 5.06. The molecular weight excluding hydrogens is 558 g/mol. The first-order valence-electron chi connectivity index (χ1n) is 15.4. The molecule has 0 N–H and O–H groups in total. The lowest BCUT2D eigenvalue weighted by Crippen LogP contribution is -1.94. The number of benzene rings is 6. The number of nitrogens with zero attached hydrogens (tertiary/aromatic N) is 3. The monoisotopic (exact) mass is 589 g/mol. The van der Waals surface area contributed by atoms with Crippen molar-refractivity contribution in [3.8, 4) is 44.5 Å². The predicted octanol–water partition coefficient (Wildman–Crippen LogP) is 11.3. The predicted molar refractivity (Wildman–Crippen MR) is 193 cm³/mol. The molecule has 0 unspecified atom stereocenters. The van der Waals surface area contributed by atoms with Gasteiger partial charge < -0.3 is 0 Å². The summed E-state index contributed by atoms with van der Waals surface area (Å²) in [6.45, 7) is 0. The molecule has 0 spiro atoms. The molecule has 0 amide bonds. The molecule has 6 aromatic carbocycles. The van der Waals surface area contributed by atoms with Gasteiger partial charge in [0, 0.05) is 22.3 Å². The van der Waals surface area contributed by atoms with Crippen molar-refractivity contribution < 1.29 is 0 Å². The number of hydrogen-bond acceptors (Lipinski definition) is 3. The molecule has 218 valence electrons. The van der Waals surface area contributed by atoms with E-state index in [1.54, 1.807) is 0 Å². The molecule has 0 aliphatic rings. The van der Waals surface area contributed by atoms with Crippen LogP contribution in [-0.2, 0) is 0 Å². The third-order valence-corrected chi connectivity index (χ3v) is 7.86. The van der Waals surface area contributed by atoms with Crippen molar-refractivity contribution in [2.75, 3.05) is 0 Å². The highest BCUT2D eigenvalue weighted by molar-refractivity contribution is 5.94. The largest absolute Gasteiger partial charge is 0.253 e. The molecule has 7 aromatic rings. The van der Waals surface area contributed by atoms with Crippen molar-refractivity contribution in [2.24, 2.45) is 9.98 Å². The first kappa shape index (κ1) is 28.6. The SMILES string of the molecule is C(=Nc1c(-c2ccccc2)cccc1-c1ccccc1)c1cccc(C=Nc2c(-c3ccccc3)cccc2-c2ccccc2)n1. The van der Waals surface area contributed by atoms with Crippen LogP contribution in [0.1, 0.15) is 11.4 Å². The quantitative estimate of drug-likeness (QED) is 0.162. The number of rotatable bonds is 8. The average Bonchev–Trinajstić information content (AvgIpc) is 3.14. The fourth-order valence-corrected chi connectivity index (χ4v) is 5.64. The summed E-state index contributed by atoms with van der Waals surface area (Å²) in [6, 6.07) is 60.2. The Morgan fingerprint density at radius 1 is 0.304 bits per heavy atom. The van der Waals surface area contributed by atoms with E-state index in [0.717, 1.165) is 67.3 Å². The van der Waals surface area contributed by atoms with Gasteiger partial charge in [0.1, 0.15) is 0 Å². The summed E-state index contributed by atoms with van der Waals surface area (Å²) < 4.78 is 0. The van der Waals surface area contributed by atoms with Crippen molar-refractivity contribution in [3.05, 3.63) is 187 Å². The lowest BCUT2D eigenvalue weighted by Gasteiger charge is -2.12. The first-order valence-corrected chi connectivity index (χ1v) is 15.4. The smallest absolute Gasteiger partial charge is 0.0820 e. The topological polar surface area (TPSA) is 37.6 Å². The minimum Gasteiger partial charge on any atom is -0.253 e. The molecule has 7 rings (SSSR count). The van der Waals surface area contributed by atoms with Crippen LogP contribution in [0.25, 0.3) is 44.5 Å². The van der Waals surface area contributed by atoms with Crippen LogP contribution in [0.2, 0.25) is 0 Å². The second-order valence-corrected chi connectivity index (χ2v) is 10.9. The third kappa shape index (κ3) is 6.35. The molecule has 0 aliphatic carbocycles. The van der Waals surface area contributed by atoms with Gasteiger partial charge in [-0.1, -0.05) is 164 Å². The number of hydrogen-bond donors (Lipinski definition) is 0. The van der Waals surface area contributed by atoms with E-state index in [1.165, 1.54) is 0 Å². The molecule has 0 atom stereocenters. The average molecular weight is 590 g/mol. The summed E-state index contributed by atoms with van der Waals surface area (Å²) in [5.41, 5.74) is 12.1. The van der Waals surface area contributed by atoms with Gasteiger partial charge in [0.15, 0.2) is 0 Å². The summed E-state index contributed by atoms with van der Waals surface area (Å²) >= 11 is 0. The van der Waals surface area contributed by atoms with E-state index >= 15 is 0 Å². The van der Waals surface area contributed by atoms with Crippen LogP contribution in [-0.4, -0.2) is 17.4 Å². The van der Waals surface area contributed by atoms with Gasteiger partial charge in [-0.3, -0.25) is 9.98 Å². The number of pyridine rings is 1. The second-order valence-electron chi connectivity index (χ2n) is 10.9. The first-order chi connectivity index (χ1) is 22.8. The summed E-state index contributed by atoms with van der Waals surface area (Å²) in [4.78, 5) is 15.0. The number of aromatic nitrogens is 1. The molecule has 1 aromatic heterocycles. The fourth-order valence-electron chi connectivity index (χ4n) is 5.64. The van der Waals surface area contributed by atoms with E-state index in [-0.39, 0.29) is 0 Å². The van der Waals surface area contributed by atoms with Crippen molar-refractivity contribution in [2.45, 2.75) is 0 Å². The Balaban J connectivity index is 1.27. The Morgan fingerprint density at radius 3 is 0.891 bits per heavy atom. The van der Waals surface area contributed by atoms with Crippen LogP contribution in [0, 0.1) is 0 Å². The summed E-state index contributed by atoms with van der Waals surface area (Å²) in [7, 11) is 0. The molecule has 0 aliphatic heterocycles. The van der Waals surface area contributed by atoms with Crippen LogP contribution < -0.4 is 0 Å². The zero-order valence-electron chi connectivity index (χ0n) is 25.2. The highest BCUT2D eigenvalue weighted by atomic mass is 14.8. The molecular formula is C43H31N3. The van der Waals surface area contributed by atoms with Crippen LogP contribution in [0.15, 0.2) is 186 Å². The van der Waals surface area contributed by atoms with E-state index in [0.29, 0.717) is 0 Å². The van der Waals surface area contributed by atoms with Gasteiger partial charge in [0.25, 0.3) is 0 Å². The molecule has 1 heterocycles. The van der Waals surface area contributed by atoms with Crippen molar-refractivity contribution in [3.63, 3.8) is 0 Å². The maximum atomic E-state index is 5.06. The molecule has 0 saturated carbocycles. The van der Waals surface area contributed by atoms with Crippen LogP contribution in [0.4, 0.5) is 11.4 Å². The minimum absolute atomic E-state index is 0.755. The third-order valence-electron chi connectivity index (χ3n) is 7.86. The molecule has 46 heavy (non-hydrogen) atoms. The van der Waals surface area contributed by atoms with Crippen molar-refractivity contribution in [1.29, 1.82) is 0 Å². The maximum Gasteiger partial charge on any atom is 0.0820 e. The van der Waals surface area contributed by atoms with E-state index in [4.69, 9.17) is 15.0 Å². The van der Waals surface area contributed by atoms with E-state index in [9.17, 15) is 0 Å².